The van der Waals surface area contributed by atoms with Gasteiger partial charge in [0.05, 0.1) is 24.0 Å². The maximum absolute atomic E-state index is 11.6. The number of rotatable bonds is 4. The summed E-state index contributed by atoms with van der Waals surface area (Å²) in [5.74, 6) is 0.947. The molecule has 3 nitrogen and oxygen atoms in total. The van der Waals surface area contributed by atoms with Gasteiger partial charge in [0, 0.05) is 0 Å². The van der Waals surface area contributed by atoms with Gasteiger partial charge in [0.2, 0.25) is 10.8 Å². The molecule has 0 aliphatic carbocycles. The molecule has 0 saturated carbocycles. The quantitative estimate of drug-likeness (QED) is 0.641. The second-order valence-electron chi connectivity index (χ2n) is 3.76. The highest BCUT2D eigenvalue weighted by atomic mass is 32.1. The van der Waals surface area contributed by atoms with Crippen molar-refractivity contribution in [2.24, 2.45) is 0 Å². The van der Waals surface area contributed by atoms with Crippen molar-refractivity contribution in [1.82, 2.24) is 0 Å². The Morgan fingerprint density at radius 1 is 0.857 bits per heavy atom. The third kappa shape index (κ3) is 4.17. The maximum Gasteiger partial charge on any atom is 0.216 e. The van der Waals surface area contributed by atoms with E-state index in [1.807, 2.05) is 46.5 Å². The van der Waals surface area contributed by atoms with Crippen LogP contribution in [0.15, 0.2) is 46.5 Å². The Balaban J connectivity index is 0.000000161. The SMILES string of the molecule is COc1ccsc1OC.O=C(c1cccs1)c1cccs1. The number of hydrogen-bond donors (Lipinski definition) is 0. The fourth-order valence-electron chi connectivity index (χ4n) is 1.52. The van der Waals surface area contributed by atoms with Gasteiger partial charge in [0.25, 0.3) is 0 Å². The first-order valence-electron chi connectivity index (χ1n) is 6.03. The first kappa shape index (κ1) is 15.8. The molecular weight excluding hydrogens is 324 g/mol. The van der Waals surface area contributed by atoms with Gasteiger partial charge in [-0.15, -0.1) is 34.0 Å². The molecule has 21 heavy (non-hydrogen) atoms. The van der Waals surface area contributed by atoms with Crippen LogP contribution in [0.25, 0.3) is 0 Å². The van der Waals surface area contributed by atoms with E-state index in [0.717, 1.165) is 20.6 Å². The first-order valence-corrected chi connectivity index (χ1v) is 8.67. The molecule has 0 aromatic carbocycles. The molecule has 0 fully saturated rings. The topological polar surface area (TPSA) is 35.5 Å². The highest BCUT2D eigenvalue weighted by Gasteiger charge is 2.09. The van der Waals surface area contributed by atoms with Crippen LogP contribution in [0.3, 0.4) is 0 Å². The number of carbonyl (C=O) groups excluding carboxylic acids is 1. The summed E-state index contributed by atoms with van der Waals surface area (Å²) in [7, 11) is 3.26. The number of methoxy groups -OCH3 is 2. The van der Waals surface area contributed by atoms with Crippen LogP contribution in [0.1, 0.15) is 14.5 Å². The lowest BCUT2D eigenvalue weighted by Crippen LogP contribution is -1.93. The fraction of sp³-hybridized carbons (Fsp3) is 0.133. The van der Waals surface area contributed by atoms with Crippen molar-refractivity contribution in [3.8, 4) is 10.8 Å². The van der Waals surface area contributed by atoms with E-state index in [9.17, 15) is 4.79 Å². The molecule has 6 heteroatoms. The Labute approximate surface area is 135 Å². The first-order chi connectivity index (χ1) is 10.3. The predicted molar refractivity (Wildman–Crippen MR) is 89.5 cm³/mol. The summed E-state index contributed by atoms with van der Waals surface area (Å²) in [6.07, 6.45) is 0. The standard InChI is InChI=1S/C9H6OS2.C6H8O2S/c10-9(7-3-1-5-11-7)8-4-2-6-12-8;1-7-5-3-4-9-6(5)8-2/h1-6H;3-4H,1-2H3. The molecule has 0 unspecified atom stereocenters. The van der Waals surface area contributed by atoms with E-state index < -0.39 is 0 Å². The minimum Gasteiger partial charge on any atom is -0.492 e. The van der Waals surface area contributed by atoms with E-state index in [4.69, 9.17) is 9.47 Å². The van der Waals surface area contributed by atoms with Crippen LogP contribution >= 0.6 is 34.0 Å². The minimum absolute atomic E-state index is 0.139. The van der Waals surface area contributed by atoms with E-state index in [1.165, 1.54) is 34.0 Å². The molecule has 3 heterocycles. The molecule has 3 aromatic heterocycles. The normalized spacial score (nSPS) is 9.62. The van der Waals surface area contributed by atoms with E-state index in [-0.39, 0.29) is 5.78 Å². The average molecular weight is 338 g/mol. The van der Waals surface area contributed by atoms with Gasteiger partial charge >= 0.3 is 0 Å². The Kier molecular flexibility index (Phi) is 5.98. The Hall–Kier alpha value is -1.63. The van der Waals surface area contributed by atoms with E-state index >= 15 is 0 Å². The van der Waals surface area contributed by atoms with Crippen LogP contribution < -0.4 is 9.47 Å². The Morgan fingerprint density at radius 2 is 1.48 bits per heavy atom. The van der Waals surface area contributed by atoms with Gasteiger partial charge in [-0.25, -0.2) is 0 Å². The fourth-order valence-corrected chi connectivity index (χ4v) is 3.62. The summed E-state index contributed by atoms with van der Waals surface area (Å²) < 4.78 is 9.93. The summed E-state index contributed by atoms with van der Waals surface area (Å²) in [6, 6.07) is 9.37. The molecule has 0 atom stereocenters. The van der Waals surface area contributed by atoms with Gasteiger partial charge in [0.15, 0.2) is 5.75 Å². The summed E-state index contributed by atoms with van der Waals surface area (Å²) in [5.41, 5.74) is 0. The lowest BCUT2D eigenvalue weighted by Gasteiger charge is -1.97. The molecule has 0 saturated heterocycles. The number of hydrogen-bond acceptors (Lipinski definition) is 6. The zero-order chi connectivity index (χ0) is 15.1. The van der Waals surface area contributed by atoms with Crippen LogP contribution in [-0.2, 0) is 0 Å². The molecule has 0 spiro atoms. The number of carbonyl (C=O) groups is 1. The van der Waals surface area contributed by atoms with E-state index in [0.29, 0.717) is 0 Å². The number of ketones is 1. The van der Waals surface area contributed by atoms with Crippen LogP contribution in [-0.4, -0.2) is 20.0 Å². The van der Waals surface area contributed by atoms with E-state index in [2.05, 4.69) is 0 Å². The van der Waals surface area contributed by atoms with Crippen molar-refractivity contribution >= 4 is 39.8 Å². The van der Waals surface area contributed by atoms with Gasteiger partial charge in [-0.05, 0) is 34.3 Å². The molecule has 0 N–H and O–H groups in total. The molecule has 110 valence electrons. The third-order valence-electron chi connectivity index (χ3n) is 2.49. The number of thiophene rings is 3. The average Bonchev–Trinajstić information content (AvgIpc) is 3.28. The van der Waals surface area contributed by atoms with Crippen LogP contribution in [0, 0.1) is 0 Å². The van der Waals surface area contributed by atoms with Crippen molar-refractivity contribution in [2.75, 3.05) is 14.2 Å². The summed E-state index contributed by atoms with van der Waals surface area (Å²) in [6.45, 7) is 0. The predicted octanol–water partition coefficient (Wildman–Crippen LogP) is 4.81. The van der Waals surface area contributed by atoms with Gasteiger partial charge in [-0.3, -0.25) is 4.79 Å². The van der Waals surface area contributed by atoms with Crippen molar-refractivity contribution < 1.29 is 14.3 Å². The van der Waals surface area contributed by atoms with E-state index in [1.54, 1.807) is 14.2 Å². The van der Waals surface area contributed by atoms with Gasteiger partial charge in [-0.1, -0.05) is 12.1 Å². The largest absolute Gasteiger partial charge is 0.492 e. The summed E-state index contributed by atoms with van der Waals surface area (Å²) >= 11 is 4.50. The maximum atomic E-state index is 11.6. The second-order valence-corrected chi connectivity index (χ2v) is 6.54. The molecule has 0 aliphatic heterocycles. The van der Waals surface area contributed by atoms with Gasteiger partial charge in [0.1, 0.15) is 0 Å². The number of ether oxygens (including phenoxy) is 2. The second kappa shape index (κ2) is 7.97. The van der Waals surface area contributed by atoms with Gasteiger partial charge in [-0.2, -0.15) is 0 Å². The van der Waals surface area contributed by atoms with Crippen molar-refractivity contribution in [1.29, 1.82) is 0 Å². The molecular formula is C15H14O3S3. The van der Waals surface area contributed by atoms with Gasteiger partial charge < -0.3 is 9.47 Å². The minimum atomic E-state index is 0.139. The summed E-state index contributed by atoms with van der Waals surface area (Å²) in [4.78, 5) is 13.2. The monoisotopic (exact) mass is 338 g/mol. The van der Waals surface area contributed by atoms with Crippen LogP contribution in [0.5, 0.6) is 10.8 Å². The van der Waals surface area contributed by atoms with Crippen LogP contribution in [0.4, 0.5) is 0 Å². The third-order valence-corrected chi connectivity index (χ3v) is 5.08. The molecule has 0 aliphatic rings. The smallest absolute Gasteiger partial charge is 0.216 e. The zero-order valence-corrected chi connectivity index (χ0v) is 14.0. The van der Waals surface area contributed by atoms with Crippen molar-refractivity contribution in [3.05, 3.63) is 56.2 Å². The lowest BCUT2D eigenvalue weighted by atomic mass is 10.3. The van der Waals surface area contributed by atoms with Crippen molar-refractivity contribution in [3.63, 3.8) is 0 Å². The Bertz CT molecular complexity index is 599. The zero-order valence-electron chi connectivity index (χ0n) is 11.6. The molecule has 0 bridgehead atoms. The van der Waals surface area contributed by atoms with Crippen molar-refractivity contribution in [2.45, 2.75) is 0 Å². The Morgan fingerprint density at radius 3 is 1.86 bits per heavy atom. The summed E-state index contributed by atoms with van der Waals surface area (Å²) in [5, 5.41) is 6.59. The molecule has 3 rings (SSSR count). The highest BCUT2D eigenvalue weighted by molar-refractivity contribution is 7.15. The van der Waals surface area contributed by atoms with Crippen LogP contribution in [0.2, 0.25) is 0 Å². The lowest BCUT2D eigenvalue weighted by molar-refractivity contribution is 0.104. The highest BCUT2D eigenvalue weighted by Crippen LogP contribution is 2.32. The molecule has 0 amide bonds. The molecule has 3 aromatic rings. The molecule has 0 radical (unpaired) electrons.